The molecule has 1 unspecified atom stereocenters. The minimum absolute atomic E-state index is 0.0854. The second-order valence-electron chi connectivity index (χ2n) is 15.3. The summed E-state index contributed by atoms with van der Waals surface area (Å²) in [6.07, 6.45) is 2.59. The van der Waals surface area contributed by atoms with Crippen molar-refractivity contribution in [3.05, 3.63) is 105 Å². The molecule has 0 bridgehead atoms. The van der Waals surface area contributed by atoms with Crippen molar-refractivity contribution in [3.8, 4) is 11.5 Å². The number of hydrazine groups is 1. The van der Waals surface area contributed by atoms with Gasteiger partial charge in [0.15, 0.2) is 11.5 Å². The summed E-state index contributed by atoms with van der Waals surface area (Å²) >= 11 is 0. The van der Waals surface area contributed by atoms with E-state index in [4.69, 9.17) is 14.2 Å². The Morgan fingerprint density at radius 3 is 2.20 bits per heavy atom. The van der Waals surface area contributed by atoms with Crippen LogP contribution in [0.25, 0.3) is 5.57 Å². The number of carbonyl (C=O) groups is 5. The van der Waals surface area contributed by atoms with Gasteiger partial charge in [0.25, 0.3) is 11.6 Å². The molecule has 4 atom stereocenters. The molecule has 1 aliphatic rings. The number of fused-ring (bicyclic) bond motifs is 1. The van der Waals surface area contributed by atoms with Crippen molar-refractivity contribution in [2.75, 3.05) is 20.8 Å². The molecule has 0 fully saturated rings. The van der Waals surface area contributed by atoms with Gasteiger partial charge in [-0.3, -0.25) is 34.7 Å². The summed E-state index contributed by atoms with van der Waals surface area (Å²) in [5.41, 5.74) is 8.07. The molecule has 0 radical (unpaired) electrons. The van der Waals surface area contributed by atoms with E-state index in [0.29, 0.717) is 12.8 Å². The normalized spacial score (nSPS) is 13.9. The Labute approximate surface area is 349 Å². The lowest BCUT2D eigenvalue weighted by Crippen LogP contribution is -2.57. The van der Waals surface area contributed by atoms with Crippen molar-refractivity contribution in [1.82, 2.24) is 32.1 Å². The Morgan fingerprint density at radius 1 is 0.850 bits per heavy atom. The fourth-order valence-corrected chi connectivity index (χ4v) is 6.39. The quantitative estimate of drug-likeness (QED) is 0.0533. The van der Waals surface area contributed by atoms with Crippen LogP contribution in [0.1, 0.15) is 82.2 Å². The zero-order valence-electron chi connectivity index (χ0n) is 35.0. The molecule has 4 rings (SSSR count). The third-order valence-electron chi connectivity index (χ3n) is 9.50. The number of hydrogen-bond donors (Lipinski definition) is 6. The summed E-state index contributed by atoms with van der Waals surface area (Å²) < 4.78 is 16.6. The SMILES string of the molecule is CNC(=O)CCCOc1cc([N+](=O)[O-])c(C(C)NNC(=O)[C@H](CC2=CCc3ccccc32)NC(=O)[C@@H](C)NC(=O)[C@H](Cc2ccccc2)NC(=O)OC(C)(C)C)cc1OC. The first kappa shape index (κ1) is 46.2. The van der Waals surface area contributed by atoms with Crippen molar-refractivity contribution in [3.63, 3.8) is 0 Å². The first-order valence-electron chi connectivity index (χ1n) is 19.7. The molecule has 0 saturated carbocycles. The van der Waals surface area contributed by atoms with Gasteiger partial charge in [0.1, 0.15) is 23.7 Å². The molecule has 3 aromatic carbocycles. The van der Waals surface area contributed by atoms with E-state index in [9.17, 15) is 34.1 Å². The van der Waals surface area contributed by atoms with Gasteiger partial charge in [-0.2, -0.15) is 0 Å². The maximum absolute atomic E-state index is 13.9. The molecular weight excluding hydrogens is 775 g/mol. The van der Waals surface area contributed by atoms with Gasteiger partial charge in [0.05, 0.1) is 36.3 Å². The van der Waals surface area contributed by atoms with Crippen LogP contribution in [0.2, 0.25) is 0 Å². The van der Waals surface area contributed by atoms with E-state index in [1.54, 1.807) is 52.0 Å². The third kappa shape index (κ3) is 13.5. The van der Waals surface area contributed by atoms with E-state index in [1.165, 1.54) is 33.2 Å². The van der Waals surface area contributed by atoms with Crippen molar-refractivity contribution in [1.29, 1.82) is 0 Å². The first-order valence-corrected chi connectivity index (χ1v) is 19.7. The standard InChI is InChI=1S/C43H55N7O10/c1-26(32-24-36(58-7)37(25-35(32)50(56)57)59-21-13-18-38(51)44-6)48-49-41(54)34(23-30-20-19-29-16-11-12-17-31(29)30)46-39(52)27(2)45-40(53)33(22-28-14-9-8-10-15-28)47-42(55)60-43(3,4)5/h8-12,14-17,20,24-27,33-34,48H,13,18-19,21-23H2,1-7H3,(H,44,51)(H,45,53)(H,46,52)(H,47,55)(H,49,54)/t26?,27-,33+,34+/m1/s1. The molecule has 6 N–H and O–H groups in total. The Morgan fingerprint density at radius 2 is 1.53 bits per heavy atom. The topological polar surface area (TPSA) is 228 Å². The van der Waals surface area contributed by atoms with Crippen LogP contribution in [0.5, 0.6) is 11.5 Å². The molecule has 60 heavy (non-hydrogen) atoms. The number of allylic oxidation sites excluding steroid dienone is 1. The summed E-state index contributed by atoms with van der Waals surface area (Å²) in [5, 5.41) is 22.8. The van der Waals surface area contributed by atoms with Crippen molar-refractivity contribution in [2.45, 2.75) is 96.5 Å². The van der Waals surface area contributed by atoms with Gasteiger partial charge >= 0.3 is 6.09 Å². The molecule has 3 aromatic rings. The number of nitro groups is 1. The smallest absolute Gasteiger partial charge is 0.408 e. The van der Waals surface area contributed by atoms with E-state index in [1.807, 2.05) is 36.4 Å². The maximum atomic E-state index is 13.9. The fraction of sp³-hybridized carbons (Fsp3) is 0.419. The molecule has 0 heterocycles. The van der Waals surface area contributed by atoms with Crippen LogP contribution in [-0.2, 0) is 36.8 Å². The van der Waals surface area contributed by atoms with Gasteiger partial charge in [-0.25, -0.2) is 10.2 Å². The molecule has 322 valence electrons. The van der Waals surface area contributed by atoms with E-state index in [2.05, 4.69) is 32.1 Å². The van der Waals surface area contributed by atoms with Crippen LogP contribution in [0.4, 0.5) is 10.5 Å². The van der Waals surface area contributed by atoms with Gasteiger partial charge < -0.3 is 35.5 Å². The molecule has 0 saturated heterocycles. The zero-order valence-corrected chi connectivity index (χ0v) is 35.0. The van der Waals surface area contributed by atoms with E-state index < -0.39 is 58.5 Å². The Bertz CT molecular complexity index is 2050. The average molecular weight is 830 g/mol. The van der Waals surface area contributed by atoms with Gasteiger partial charge in [0.2, 0.25) is 17.7 Å². The van der Waals surface area contributed by atoms with Gasteiger partial charge in [-0.15, -0.1) is 0 Å². The summed E-state index contributed by atoms with van der Waals surface area (Å²) in [4.78, 5) is 77.2. The fourth-order valence-electron chi connectivity index (χ4n) is 6.39. The number of carbonyl (C=O) groups excluding carboxylic acids is 5. The highest BCUT2D eigenvalue weighted by molar-refractivity contribution is 5.94. The van der Waals surface area contributed by atoms with E-state index >= 15 is 0 Å². The number of benzene rings is 3. The number of nitro benzene ring substituents is 1. The summed E-state index contributed by atoms with van der Waals surface area (Å²) in [6, 6.07) is 15.2. The highest BCUT2D eigenvalue weighted by Gasteiger charge is 2.31. The molecule has 1 aliphatic carbocycles. The van der Waals surface area contributed by atoms with Crippen LogP contribution in [-0.4, -0.2) is 79.1 Å². The minimum atomic E-state index is -1.16. The highest BCUT2D eigenvalue weighted by Crippen LogP contribution is 2.37. The lowest BCUT2D eigenvalue weighted by Gasteiger charge is -2.26. The summed E-state index contributed by atoms with van der Waals surface area (Å²) in [6.45, 7) is 8.26. The molecule has 17 heteroatoms. The number of hydrogen-bond acceptors (Lipinski definition) is 11. The average Bonchev–Trinajstić information content (AvgIpc) is 3.62. The third-order valence-corrected chi connectivity index (χ3v) is 9.50. The minimum Gasteiger partial charge on any atom is -0.493 e. The maximum Gasteiger partial charge on any atom is 0.408 e. The zero-order chi connectivity index (χ0) is 44.0. The Kier molecular flexibility index (Phi) is 16.6. The number of nitrogens with zero attached hydrogens (tertiary/aromatic N) is 1. The van der Waals surface area contributed by atoms with Crippen LogP contribution in [0, 0.1) is 10.1 Å². The monoisotopic (exact) mass is 829 g/mol. The number of rotatable bonds is 20. The summed E-state index contributed by atoms with van der Waals surface area (Å²) in [5.74, 6) is -1.82. The second kappa shape index (κ2) is 21.5. The molecule has 5 amide bonds. The molecule has 0 aliphatic heterocycles. The van der Waals surface area contributed by atoms with Gasteiger partial charge in [-0.05, 0) is 75.8 Å². The molecule has 0 aromatic heterocycles. The van der Waals surface area contributed by atoms with Crippen LogP contribution in [0.15, 0.2) is 72.8 Å². The lowest BCUT2D eigenvalue weighted by molar-refractivity contribution is -0.385. The van der Waals surface area contributed by atoms with Crippen LogP contribution < -0.4 is 41.6 Å². The largest absolute Gasteiger partial charge is 0.493 e. The number of amides is 5. The number of alkyl carbamates (subject to hydrolysis) is 1. The number of nitrogens with one attached hydrogen (secondary N) is 6. The Balaban J connectivity index is 1.50. The van der Waals surface area contributed by atoms with Crippen molar-refractivity contribution >= 4 is 41.0 Å². The van der Waals surface area contributed by atoms with Crippen molar-refractivity contribution < 1.29 is 43.1 Å². The first-order chi connectivity index (χ1) is 28.5. The Hall–Kier alpha value is -6.49. The van der Waals surface area contributed by atoms with Crippen LogP contribution >= 0.6 is 0 Å². The van der Waals surface area contributed by atoms with Crippen molar-refractivity contribution in [2.24, 2.45) is 0 Å². The summed E-state index contributed by atoms with van der Waals surface area (Å²) in [7, 11) is 2.91. The predicted molar refractivity (Wildman–Crippen MR) is 224 cm³/mol. The van der Waals surface area contributed by atoms with Gasteiger partial charge in [-0.1, -0.05) is 60.7 Å². The molecular formula is C43H55N7O10. The lowest BCUT2D eigenvalue weighted by atomic mass is 9.99. The number of ether oxygens (including phenoxy) is 3. The van der Waals surface area contributed by atoms with E-state index in [-0.39, 0.29) is 54.5 Å². The predicted octanol–water partition coefficient (Wildman–Crippen LogP) is 4.35. The molecule has 17 nitrogen and oxygen atoms in total. The van der Waals surface area contributed by atoms with Crippen LogP contribution in [0.3, 0.4) is 0 Å². The van der Waals surface area contributed by atoms with E-state index in [0.717, 1.165) is 22.3 Å². The highest BCUT2D eigenvalue weighted by atomic mass is 16.6. The molecule has 0 spiro atoms. The van der Waals surface area contributed by atoms with Gasteiger partial charge in [0, 0.05) is 26.3 Å². The number of methoxy groups -OCH3 is 1. The second-order valence-corrected chi connectivity index (χ2v) is 15.3.